The smallest absolute Gasteiger partial charge is 0.366 e. The molecule has 0 spiro atoms. The SMILES string of the molecule is C=CC(=O)OCCCCOc1ccc2c(c1)C(C)c1cc(SC(=O)c3ccc(OCCCCOC(=O)C(=C)F)cc3)ccc1-2. The van der Waals surface area contributed by atoms with Crippen molar-refractivity contribution in [3.8, 4) is 22.6 Å². The predicted molar refractivity (Wildman–Crippen MR) is 168 cm³/mol. The summed E-state index contributed by atoms with van der Waals surface area (Å²) in [6, 6.07) is 19.2. The van der Waals surface area contributed by atoms with E-state index in [1.54, 1.807) is 24.3 Å². The van der Waals surface area contributed by atoms with Crippen molar-refractivity contribution in [2.45, 2.75) is 43.4 Å². The highest BCUT2D eigenvalue weighted by molar-refractivity contribution is 8.14. The van der Waals surface area contributed by atoms with E-state index in [1.165, 1.54) is 28.5 Å². The summed E-state index contributed by atoms with van der Waals surface area (Å²) in [5, 5.41) is -0.0640. The Morgan fingerprint density at radius 3 is 2.02 bits per heavy atom. The molecule has 0 aliphatic heterocycles. The lowest BCUT2D eigenvalue weighted by Gasteiger charge is -2.11. The zero-order chi connectivity index (χ0) is 31.5. The van der Waals surface area contributed by atoms with E-state index >= 15 is 0 Å². The van der Waals surface area contributed by atoms with Crippen LogP contribution in [-0.4, -0.2) is 43.5 Å². The number of thioether (sulfide) groups is 1. The maximum Gasteiger partial charge on any atom is 0.366 e. The number of carbonyl (C=O) groups excluding carboxylic acids is 3. The maximum atomic E-state index is 13.0. The van der Waals surface area contributed by atoms with Gasteiger partial charge >= 0.3 is 11.9 Å². The molecule has 0 amide bonds. The Labute approximate surface area is 261 Å². The van der Waals surface area contributed by atoms with Gasteiger partial charge in [-0.25, -0.2) is 9.59 Å². The van der Waals surface area contributed by atoms with Crippen molar-refractivity contribution < 1.29 is 37.7 Å². The van der Waals surface area contributed by atoms with Crippen LogP contribution in [0.5, 0.6) is 11.5 Å². The first-order valence-corrected chi connectivity index (χ1v) is 15.2. The summed E-state index contributed by atoms with van der Waals surface area (Å²) in [5.41, 5.74) is 5.26. The molecular formula is C35H35FO7S. The van der Waals surface area contributed by atoms with Crippen LogP contribution in [0.25, 0.3) is 11.1 Å². The number of benzene rings is 3. The van der Waals surface area contributed by atoms with Gasteiger partial charge in [-0.1, -0.05) is 32.2 Å². The first-order valence-electron chi connectivity index (χ1n) is 14.4. The van der Waals surface area contributed by atoms with Gasteiger partial charge in [0.15, 0.2) is 0 Å². The molecule has 230 valence electrons. The van der Waals surface area contributed by atoms with E-state index in [0.717, 1.165) is 28.7 Å². The average molecular weight is 619 g/mol. The molecule has 0 aromatic heterocycles. The number of halogens is 1. The van der Waals surface area contributed by atoms with Crippen molar-refractivity contribution in [3.63, 3.8) is 0 Å². The number of hydrogen-bond acceptors (Lipinski definition) is 8. The molecule has 3 aromatic rings. The lowest BCUT2D eigenvalue weighted by Crippen LogP contribution is -2.07. The van der Waals surface area contributed by atoms with Gasteiger partial charge in [0, 0.05) is 22.5 Å². The molecule has 0 saturated carbocycles. The Hall–Kier alpha value is -4.37. The molecule has 0 fully saturated rings. The van der Waals surface area contributed by atoms with Gasteiger partial charge in [0.1, 0.15) is 11.5 Å². The second-order valence-electron chi connectivity index (χ2n) is 10.2. The molecule has 0 heterocycles. The van der Waals surface area contributed by atoms with Crippen molar-refractivity contribution >= 4 is 28.8 Å². The normalized spacial score (nSPS) is 12.9. The summed E-state index contributed by atoms with van der Waals surface area (Å²) in [7, 11) is 0. The Morgan fingerprint density at radius 1 is 0.795 bits per heavy atom. The second-order valence-corrected chi connectivity index (χ2v) is 11.2. The van der Waals surface area contributed by atoms with Gasteiger partial charge in [0.05, 0.1) is 26.4 Å². The molecular weight excluding hydrogens is 583 g/mol. The summed E-state index contributed by atoms with van der Waals surface area (Å²) < 4.78 is 33.9. The lowest BCUT2D eigenvalue weighted by atomic mass is 9.99. The van der Waals surface area contributed by atoms with E-state index in [4.69, 9.17) is 18.9 Å². The van der Waals surface area contributed by atoms with Crippen LogP contribution in [-0.2, 0) is 19.1 Å². The zero-order valence-corrected chi connectivity index (χ0v) is 25.5. The summed E-state index contributed by atoms with van der Waals surface area (Å²) in [6.45, 7) is 9.80. The van der Waals surface area contributed by atoms with E-state index in [0.29, 0.717) is 50.4 Å². The average Bonchev–Trinajstić information content (AvgIpc) is 3.30. The Kier molecular flexibility index (Phi) is 11.8. The van der Waals surface area contributed by atoms with Crippen LogP contribution in [0.4, 0.5) is 4.39 Å². The number of rotatable bonds is 16. The van der Waals surface area contributed by atoms with Gasteiger partial charge in [-0.15, -0.1) is 0 Å². The number of carbonyl (C=O) groups is 3. The van der Waals surface area contributed by atoms with Gasteiger partial charge in [0.25, 0.3) is 0 Å². The Balaban J connectivity index is 1.25. The highest BCUT2D eigenvalue weighted by atomic mass is 32.2. The molecule has 0 saturated heterocycles. The summed E-state index contributed by atoms with van der Waals surface area (Å²) in [6.07, 6.45) is 3.79. The molecule has 1 unspecified atom stereocenters. The molecule has 3 aromatic carbocycles. The fraction of sp³-hybridized carbons (Fsp3) is 0.286. The highest BCUT2D eigenvalue weighted by Crippen LogP contribution is 2.47. The van der Waals surface area contributed by atoms with Crippen molar-refractivity contribution in [2.24, 2.45) is 0 Å². The van der Waals surface area contributed by atoms with Crippen LogP contribution in [0.15, 0.2) is 90.6 Å². The predicted octanol–water partition coefficient (Wildman–Crippen LogP) is 7.82. The minimum absolute atomic E-state index is 0.0640. The first-order chi connectivity index (χ1) is 21.3. The minimum atomic E-state index is -1.11. The van der Waals surface area contributed by atoms with Crippen LogP contribution in [0, 0.1) is 0 Å². The van der Waals surface area contributed by atoms with Gasteiger partial charge in [0.2, 0.25) is 10.9 Å². The van der Waals surface area contributed by atoms with E-state index in [-0.39, 0.29) is 17.6 Å². The third kappa shape index (κ3) is 8.83. The Bertz CT molecular complexity index is 1520. The summed E-state index contributed by atoms with van der Waals surface area (Å²) in [4.78, 5) is 36.0. The van der Waals surface area contributed by atoms with Crippen molar-refractivity contribution in [2.75, 3.05) is 26.4 Å². The molecule has 44 heavy (non-hydrogen) atoms. The fourth-order valence-corrected chi connectivity index (χ4v) is 5.52. The Morgan fingerprint density at radius 2 is 1.36 bits per heavy atom. The monoisotopic (exact) mass is 618 g/mol. The van der Waals surface area contributed by atoms with E-state index in [9.17, 15) is 18.8 Å². The van der Waals surface area contributed by atoms with Crippen molar-refractivity contribution in [1.82, 2.24) is 0 Å². The van der Waals surface area contributed by atoms with E-state index in [2.05, 4.69) is 44.3 Å². The van der Waals surface area contributed by atoms with Crippen molar-refractivity contribution in [1.29, 1.82) is 0 Å². The van der Waals surface area contributed by atoms with Gasteiger partial charge in [-0.2, -0.15) is 4.39 Å². The molecule has 0 radical (unpaired) electrons. The number of fused-ring (bicyclic) bond motifs is 3. The molecule has 1 aliphatic rings. The summed E-state index contributed by atoms with van der Waals surface area (Å²) in [5.74, 6) is -0.983. The third-order valence-corrected chi connectivity index (χ3v) is 7.96. The highest BCUT2D eigenvalue weighted by Gasteiger charge is 2.26. The number of hydrogen-bond donors (Lipinski definition) is 0. The van der Waals surface area contributed by atoms with Gasteiger partial charge in [-0.05, 0) is 108 Å². The standard InChI is InChI=1S/C35H35FO7S/c1-4-33(37)42-19-7-5-18-41-27-13-15-29-30-16-14-28(22-32(30)23(2)31(29)21-27)44-35(39)25-9-11-26(12-10-25)40-17-6-8-20-43-34(38)24(3)36/h4,9-16,21-23H,1,3,5-8,17-20H2,2H3. The van der Waals surface area contributed by atoms with Crippen LogP contribution in [0.1, 0.15) is 60.0 Å². The fourth-order valence-electron chi connectivity index (χ4n) is 4.73. The molecule has 0 bridgehead atoms. The molecule has 1 aliphatic carbocycles. The maximum absolute atomic E-state index is 13.0. The molecule has 1 atom stereocenters. The van der Waals surface area contributed by atoms with Crippen LogP contribution in [0.3, 0.4) is 0 Å². The van der Waals surface area contributed by atoms with Crippen LogP contribution in [0.2, 0.25) is 0 Å². The largest absolute Gasteiger partial charge is 0.494 e. The van der Waals surface area contributed by atoms with Crippen LogP contribution >= 0.6 is 11.8 Å². The molecule has 0 N–H and O–H groups in total. The minimum Gasteiger partial charge on any atom is -0.494 e. The van der Waals surface area contributed by atoms with E-state index < -0.39 is 17.8 Å². The number of ether oxygens (including phenoxy) is 4. The van der Waals surface area contributed by atoms with E-state index in [1.807, 2.05) is 12.1 Å². The number of esters is 2. The quantitative estimate of drug-likeness (QED) is 0.0695. The van der Waals surface area contributed by atoms with Crippen LogP contribution < -0.4 is 9.47 Å². The second kappa shape index (κ2) is 15.9. The van der Waals surface area contributed by atoms with Crippen molar-refractivity contribution in [3.05, 3.63) is 102 Å². The lowest BCUT2D eigenvalue weighted by molar-refractivity contribution is -0.141. The zero-order valence-electron chi connectivity index (χ0n) is 24.6. The van der Waals surface area contributed by atoms with Gasteiger partial charge in [-0.3, -0.25) is 4.79 Å². The molecule has 4 rings (SSSR count). The first kappa shape index (κ1) is 32.5. The van der Waals surface area contributed by atoms with Gasteiger partial charge < -0.3 is 18.9 Å². The molecule has 7 nitrogen and oxygen atoms in total. The topological polar surface area (TPSA) is 88.1 Å². The summed E-state index contributed by atoms with van der Waals surface area (Å²) >= 11 is 1.19. The number of unbranched alkanes of at least 4 members (excludes halogenated alkanes) is 2. The third-order valence-electron chi connectivity index (χ3n) is 7.05. The molecule has 9 heteroatoms.